The molecule has 0 spiro atoms. The van der Waals surface area contributed by atoms with E-state index < -0.39 is 10.0 Å². The summed E-state index contributed by atoms with van der Waals surface area (Å²) in [5.41, 5.74) is 2.62. The molecule has 150 valence electrons. The van der Waals surface area contributed by atoms with Crippen LogP contribution in [0, 0.1) is 0 Å². The molecule has 3 heterocycles. The molecular formula is C20H20N4O3S2. The van der Waals surface area contributed by atoms with Crippen LogP contribution < -0.4 is 14.9 Å². The second kappa shape index (κ2) is 7.84. The highest BCUT2D eigenvalue weighted by Gasteiger charge is 2.18. The van der Waals surface area contributed by atoms with Crippen LogP contribution in [0.25, 0.3) is 0 Å². The van der Waals surface area contributed by atoms with Gasteiger partial charge in [0.1, 0.15) is 5.82 Å². The smallest absolute Gasteiger partial charge is 0.255 e. The quantitative estimate of drug-likeness (QED) is 0.650. The molecule has 1 aliphatic rings. The van der Waals surface area contributed by atoms with Crippen LogP contribution in [0.15, 0.2) is 54.0 Å². The average Bonchev–Trinajstić information content (AvgIpc) is 3.15. The van der Waals surface area contributed by atoms with Gasteiger partial charge in [-0.3, -0.25) is 9.52 Å². The molecule has 0 saturated heterocycles. The third-order valence-electron chi connectivity index (χ3n) is 4.57. The fourth-order valence-corrected chi connectivity index (χ4v) is 4.68. The third kappa shape index (κ3) is 4.75. The molecule has 0 radical (unpaired) electrons. The predicted molar refractivity (Wildman–Crippen MR) is 116 cm³/mol. The molecule has 0 atom stereocenters. The van der Waals surface area contributed by atoms with Crippen LogP contribution in [0.2, 0.25) is 0 Å². The first-order chi connectivity index (χ1) is 13.9. The lowest BCUT2D eigenvalue weighted by atomic mass is 10.1. The number of nitrogens with one attached hydrogen (secondary N) is 2. The van der Waals surface area contributed by atoms with Crippen molar-refractivity contribution in [3.05, 3.63) is 70.0 Å². The molecule has 0 fully saturated rings. The maximum atomic E-state index is 12.5. The molecule has 3 aromatic rings. The van der Waals surface area contributed by atoms with Crippen molar-refractivity contribution in [1.29, 1.82) is 0 Å². The number of pyridine rings is 1. The maximum Gasteiger partial charge on any atom is 0.255 e. The molecule has 29 heavy (non-hydrogen) atoms. The normalized spacial score (nSPS) is 13.6. The Labute approximate surface area is 173 Å². The first kappa shape index (κ1) is 19.4. The summed E-state index contributed by atoms with van der Waals surface area (Å²) in [5, 5.41) is 4.92. The van der Waals surface area contributed by atoms with Gasteiger partial charge in [0.2, 0.25) is 10.0 Å². The van der Waals surface area contributed by atoms with Gasteiger partial charge in [-0.05, 0) is 53.8 Å². The number of benzene rings is 1. The summed E-state index contributed by atoms with van der Waals surface area (Å²) in [7, 11) is -3.40. The molecule has 0 aliphatic carbocycles. The Morgan fingerprint density at radius 2 is 2.03 bits per heavy atom. The number of carbonyl (C=O) groups excluding carboxylic acids is 1. The van der Waals surface area contributed by atoms with Crippen LogP contribution in [0.4, 0.5) is 17.2 Å². The Bertz CT molecular complexity index is 1140. The zero-order valence-corrected chi connectivity index (χ0v) is 17.4. The van der Waals surface area contributed by atoms with Crippen molar-refractivity contribution < 1.29 is 13.2 Å². The number of rotatable bonds is 5. The van der Waals surface area contributed by atoms with Crippen LogP contribution in [-0.2, 0) is 23.0 Å². The van der Waals surface area contributed by atoms with Gasteiger partial charge < -0.3 is 10.2 Å². The molecule has 0 unspecified atom stereocenters. The monoisotopic (exact) mass is 428 g/mol. The maximum absolute atomic E-state index is 12.5. The average molecular weight is 429 g/mol. The summed E-state index contributed by atoms with van der Waals surface area (Å²) in [6.45, 7) is 1.77. The van der Waals surface area contributed by atoms with Crippen molar-refractivity contribution in [2.45, 2.75) is 13.0 Å². The first-order valence-electron chi connectivity index (χ1n) is 9.03. The van der Waals surface area contributed by atoms with E-state index in [-0.39, 0.29) is 5.91 Å². The standard InChI is InChI=1S/C20H20N4O3S2/c1-29(26,27)23-16-4-2-3-14(11-16)20(25)22-17-5-6-19(21-12-17)24-9-7-18-15(13-24)8-10-28-18/h2-6,8,10-12,23H,7,9,13H2,1H3,(H,22,25). The highest BCUT2D eigenvalue weighted by atomic mass is 32.2. The summed E-state index contributed by atoms with van der Waals surface area (Å²) >= 11 is 1.80. The molecule has 2 aromatic heterocycles. The Kier molecular flexibility index (Phi) is 5.25. The molecule has 0 saturated carbocycles. The van der Waals surface area contributed by atoms with Crippen LogP contribution in [0.5, 0.6) is 0 Å². The molecule has 1 aliphatic heterocycles. The van der Waals surface area contributed by atoms with E-state index in [2.05, 4.69) is 31.4 Å². The van der Waals surface area contributed by atoms with Crippen LogP contribution in [-0.4, -0.2) is 32.1 Å². The summed E-state index contributed by atoms with van der Waals surface area (Å²) in [6, 6.07) is 12.2. The van der Waals surface area contributed by atoms with E-state index in [9.17, 15) is 13.2 Å². The number of anilines is 3. The van der Waals surface area contributed by atoms with Gasteiger partial charge in [-0.1, -0.05) is 6.07 Å². The third-order valence-corrected chi connectivity index (χ3v) is 6.19. The van der Waals surface area contributed by atoms with Crippen molar-refractivity contribution in [3.8, 4) is 0 Å². The SMILES string of the molecule is CS(=O)(=O)Nc1cccc(C(=O)Nc2ccc(N3CCc4sccc4C3)nc2)c1. The Morgan fingerprint density at radius 3 is 2.79 bits per heavy atom. The number of hydrogen-bond acceptors (Lipinski definition) is 6. The summed E-state index contributed by atoms with van der Waals surface area (Å²) in [4.78, 5) is 20.7. The van der Waals surface area contributed by atoms with E-state index in [1.54, 1.807) is 35.7 Å². The molecule has 2 N–H and O–H groups in total. The lowest BCUT2D eigenvalue weighted by Gasteiger charge is -2.28. The van der Waals surface area contributed by atoms with Crippen LogP contribution in [0.1, 0.15) is 20.8 Å². The van der Waals surface area contributed by atoms with Gasteiger partial charge in [-0.25, -0.2) is 13.4 Å². The van der Waals surface area contributed by atoms with Gasteiger partial charge in [-0.15, -0.1) is 11.3 Å². The van der Waals surface area contributed by atoms with E-state index in [1.165, 1.54) is 16.5 Å². The molecular weight excluding hydrogens is 408 g/mol. The largest absolute Gasteiger partial charge is 0.352 e. The fraction of sp³-hybridized carbons (Fsp3) is 0.200. The number of aromatic nitrogens is 1. The summed E-state index contributed by atoms with van der Waals surface area (Å²) in [6.07, 6.45) is 3.72. The van der Waals surface area contributed by atoms with Crippen molar-refractivity contribution in [2.24, 2.45) is 0 Å². The number of sulfonamides is 1. The topological polar surface area (TPSA) is 91.4 Å². The van der Waals surface area contributed by atoms with E-state index in [1.807, 2.05) is 12.1 Å². The lowest BCUT2D eigenvalue weighted by molar-refractivity contribution is 0.102. The fourth-order valence-electron chi connectivity index (χ4n) is 3.23. The van der Waals surface area contributed by atoms with E-state index >= 15 is 0 Å². The number of carbonyl (C=O) groups is 1. The number of thiophene rings is 1. The number of fused-ring (bicyclic) bond motifs is 1. The van der Waals surface area contributed by atoms with Crippen LogP contribution >= 0.6 is 11.3 Å². The molecule has 9 heteroatoms. The van der Waals surface area contributed by atoms with Gasteiger partial charge in [0.05, 0.1) is 18.1 Å². The Balaban J connectivity index is 1.43. The zero-order chi connectivity index (χ0) is 20.4. The minimum absolute atomic E-state index is 0.336. The summed E-state index contributed by atoms with van der Waals surface area (Å²) < 4.78 is 25.1. The van der Waals surface area contributed by atoms with E-state index in [4.69, 9.17) is 0 Å². The van der Waals surface area contributed by atoms with Crippen molar-refractivity contribution >= 4 is 44.5 Å². The first-order valence-corrected chi connectivity index (χ1v) is 11.8. The zero-order valence-electron chi connectivity index (χ0n) is 15.8. The van der Waals surface area contributed by atoms with Gasteiger partial charge in [-0.2, -0.15) is 0 Å². The van der Waals surface area contributed by atoms with E-state index in [0.717, 1.165) is 31.6 Å². The molecule has 1 aromatic carbocycles. The van der Waals surface area contributed by atoms with E-state index in [0.29, 0.717) is 16.9 Å². The highest BCUT2D eigenvalue weighted by Crippen LogP contribution is 2.27. The second-order valence-electron chi connectivity index (χ2n) is 6.85. The van der Waals surface area contributed by atoms with Crippen molar-refractivity contribution in [1.82, 2.24) is 4.98 Å². The van der Waals surface area contributed by atoms with Gasteiger partial charge in [0.25, 0.3) is 5.91 Å². The van der Waals surface area contributed by atoms with Crippen molar-refractivity contribution in [3.63, 3.8) is 0 Å². The van der Waals surface area contributed by atoms with Gasteiger partial charge in [0.15, 0.2) is 0 Å². The number of amides is 1. The Hall–Kier alpha value is -2.91. The lowest BCUT2D eigenvalue weighted by Crippen LogP contribution is -2.30. The number of hydrogen-bond donors (Lipinski definition) is 2. The molecule has 0 bridgehead atoms. The number of nitrogens with zero attached hydrogens (tertiary/aromatic N) is 2. The van der Waals surface area contributed by atoms with Crippen molar-refractivity contribution in [2.75, 3.05) is 27.7 Å². The molecule has 4 rings (SSSR count). The Morgan fingerprint density at radius 1 is 1.17 bits per heavy atom. The minimum atomic E-state index is -3.40. The van der Waals surface area contributed by atoms with Gasteiger partial charge >= 0.3 is 0 Å². The van der Waals surface area contributed by atoms with Crippen LogP contribution in [0.3, 0.4) is 0 Å². The van der Waals surface area contributed by atoms with Gasteiger partial charge in [0, 0.05) is 29.2 Å². The second-order valence-corrected chi connectivity index (χ2v) is 9.60. The summed E-state index contributed by atoms with van der Waals surface area (Å²) in [5.74, 6) is 0.539. The highest BCUT2D eigenvalue weighted by molar-refractivity contribution is 7.92. The minimum Gasteiger partial charge on any atom is -0.352 e. The molecule has 1 amide bonds. The molecule has 7 nitrogen and oxygen atoms in total. The predicted octanol–water partition coefficient (Wildman–Crippen LogP) is 3.33.